The molecule has 1 amide bonds. The van der Waals surface area contributed by atoms with Gasteiger partial charge in [0.1, 0.15) is 5.69 Å². The number of aromatic nitrogens is 3. The molecule has 0 spiro atoms. The number of likely N-dealkylation sites (tertiary alicyclic amines) is 1. The minimum absolute atomic E-state index is 0.139. The van der Waals surface area contributed by atoms with Gasteiger partial charge in [0.05, 0.1) is 5.69 Å². The number of carbonyl (C=O) groups excluding carboxylic acids is 1. The van der Waals surface area contributed by atoms with Crippen LogP contribution in [0.4, 0.5) is 0 Å². The van der Waals surface area contributed by atoms with Gasteiger partial charge in [0, 0.05) is 31.0 Å². The predicted octanol–water partition coefficient (Wildman–Crippen LogP) is 3.97. The molecule has 3 heterocycles. The number of pyridine rings is 1. The highest BCUT2D eigenvalue weighted by Crippen LogP contribution is 2.25. The molecule has 1 unspecified atom stereocenters. The maximum atomic E-state index is 13.2. The van der Waals surface area contributed by atoms with E-state index in [0.717, 1.165) is 55.9 Å². The number of hydrogen-bond donors (Lipinski definition) is 0. The van der Waals surface area contributed by atoms with Crippen molar-refractivity contribution in [2.45, 2.75) is 71.9 Å². The summed E-state index contributed by atoms with van der Waals surface area (Å²) >= 11 is 0. The average molecular weight is 354 g/mol. The number of amides is 1. The molecule has 26 heavy (non-hydrogen) atoms. The second-order valence-electron chi connectivity index (χ2n) is 7.56. The monoisotopic (exact) mass is 354 g/mol. The van der Waals surface area contributed by atoms with E-state index in [1.165, 1.54) is 5.56 Å². The first kappa shape index (κ1) is 18.6. The maximum absolute atomic E-state index is 13.2. The summed E-state index contributed by atoms with van der Waals surface area (Å²) < 4.78 is 1.86. The first-order valence-corrected chi connectivity index (χ1v) is 9.79. The lowest BCUT2D eigenvalue weighted by atomic mass is 10.0. The smallest absolute Gasteiger partial charge is 0.272 e. The Kier molecular flexibility index (Phi) is 5.74. The molecule has 5 nitrogen and oxygen atoms in total. The molecule has 0 bridgehead atoms. The summed E-state index contributed by atoms with van der Waals surface area (Å²) in [6.07, 6.45) is 6.04. The summed E-state index contributed by atoms with van der Waals surface area (Å²) in [4.78, 5) is 19.5. The Hall–Kier alpha value is -2.17. The molecule has 1 fully saturated rings. The zero-order chi connectivity index (χ0) is 18.7. The lowest BCUT2D eigenvalue weighted by Gasteiger charge is -2.25. The molecule has 0 aromatic carbocycles. The Morgan fingerprint density at radius 1 is 1.35 bits per heavy atom. The van der Waals surface area contributed by atoms with Gasteiger partial charge in [0.15, 0.2) is 0 Å². The van der Waals surface area contributed by atoms with Gasteiger partial charge in [-0.05, 0) is 69.2 Å². The van der Waals surface area contributed by atoms with Gasteiger partial charge in [-0.2, -0.15) is 5.10 Å². The number of nitrogens with zero attached hydrogens (tertiary/aromatic N) is 4. The number of rotatable bonds is 6. The minimum atomic E-state index is 0.139. The standard InChI is InChI=1S/C21H30N4O/c1-5-25-20(14-19(23-25)15(2)3)21(26)24-12-6-7-18(24)9-8-17-10-11-22-16(4)13-17/h10-11,13-15,18H,5-9,12H2,1-4H3. The van der Waals surface area contributed by atoms with Crippen LogP contribution < -0.4 is 0 Å². The third-order valence-corrected chi connectivity index (χ3v) is 5.27. The summed E-state index contributed by atoms with van der Waals surface area (Å²) in [6.45, 7) is 9.87. The van der Waals surface area contributed by atoms with Crippen LogP contribution in [0.25, 0.3) is 0 Å². The molecule has 0 N–H and O–H groups in total. The van der Waals surface area contributed by atoms with Crippen LogP contribution in [0.15, 0.2) is 24.4 Å². The van der Waals surface area contributed by atoms with Crippen molar-refractivity contribution in [1.82, 2.24) is 19.7 Å². The Bertz CT molecular complexity index is 765. The van der Waals surface area contributed by atoms with Gasteiger partial charge in [-0.1, -0.05) is 13.8 Å². The van der Waals surface area contributed by atoms with Crippen LogP contribution >= 0.6 is 0 Å². The van der Waals surface area contributed by atoms with Crippen LogP contribution in [0.5, 0.6) is 0 Å². The number of carbonyl (C=O) groups is 1. The molecule has 1 saturated heterocycles. The molecule has 5 heteroatoms. The van der Waals surface area contributed by atoms with Crippen molar-refractivity contribution in [3.8, 4) is 0 Å². The SMILES string of the molecule is CCn1nc(C(C)C)cc1C(=O)N1CCCC1CCc1ccnc(C)c1. The zero-order valence-corrected chi connectivity index (χ0v) is 16.4. The topological polar surface area (TPSA) is 51.0 Å². The minimum Gasteiger partial charge on any atom is -0.334 e. The van der Waals surface area contributed by atoms with E-state index < -0.39 is 0 Å². The van der Waals surface area contributed by atoms with Gasteiger partial charge >= 0.3 is 0 Å². The van der Waals surface area contributed by atoms with Crippen LogP contribution in [0, 0.1) is 6.92 Å². The zero-order valence-electron chi connectivity index (χ0n) is 16.4. The fourth-order valence-electron chi connectivity index (χ4n) is 3.78. The van der Waals surface area contributed by atoms with Crippen molar-refractivity contribution in [2.24, 2.45) is 0 Å². The van der Waals surface area contributed by atoms with Crippen LogP contribution in [0.3, 0.4) is 0 Å². The highest BCUT2D eigenvalue weighted by molar-refractivity contribution is 5.93. The third-order valence-electron chi connectivity index (χ3n) is 5.27. The molecule has 140 valence electrons. The quantitative estimate of drug-likeness (QED) is 0.789. The van der Waals surface area contributed by atoms with E-state index >= 15 is 0 Å². The van der Waals surface area contributed by atoms with Gasteiger partial charge in [0.25, 0.3) is 5.91 Å². The molecular weight excluding hydrogens is 324 g/mol. The van der Waals surface area contributed by atoms with Crippen molar-refractivity contribution in [3.63, 3.8) is 0 Å². The summed E-state index contributed by atoms with van der Waals surface area (Å²) in [5, 5.41) is 4.61. The van der Waals surface area contributed by atoms with Crippen LogP contribution in [-0.4, -0.2) is 38.2 Å². The molecule has 1 aliphatic heterocycles. The number of aryl methyl sites for hydroxylation is 3. The van der Waals surface area contributed by atoms with E-state index in [0.29, 0.717) is 12.0 Å². The normalized spacial score (nSPS) is 17.3. The van der Waals surface area contributed by atoms with Crippen molar-refractivity contribution in [2.75, 3.05) is 6.54 Å². The second kappa shape index (κ2) is 8.02. The number of hydrogen-bond acceptors (Lipinski definition) is 3. The first-order valence-electron chi connectivity index (χ1n) is 9.79. The largest absolute Gasteiger partial charge is 0.334 e. The lowest BCUT2D eigenvalue weighted by Crippen LogP contribution is -2.37. The summed E-state index contributed by atoms with van der Waals surface area (Å²) in [5.74, 6) is 0.471. The van der Waals surface area contributed by atoms with Gasteiger partial charge < -0.3 is 4.90 Å². The van der Waals surface area contributed by atoms with Crippen molar-refractivity contribution in [1.29, 1.82) is 0 Å². The Morgan fingerprint density at radius 2 is 2.15 bits per heavy atom. The fraction of sp³-hybridized carbons (Fsp3) is 0.571. The van der Waals surface area contributed by atoms with E-state index in [2.05, 4.69) is 41.0 Å². The lowest BCUT2D eigenvalue weighted by molar-refractivity contribution is 0.0718. The molecule has 0 radical (unpaired) electrons. The Labute approximate surface area is 156 Å². The molecule has 2 aromatic rings. The fourth-order valence-corrected chi connectivity index (χ4v) is 3.78. The highest BCUT2D eigenvalue weighted by Gasteiger charge is 2.31. The van der Waals surface area contributed by atoms with E-state index in [4.69, 9.17) is 0 Å². The van der Waals surface area contributed by atoms with Crippen LogP contribution in [0.2, 0.25) is 0 Å². The molecular formula is C21H30N4O. The molecule has 3 rings (SSSR count). The predicted molar refractivity (Wildman–Crippen MR) is 103 cm³/mol. The molecule has 0 saturated carbocycles. The average Bonchev–Trinajstić information content (AvgIpc) is 3.26. The summed E-state index contributed by atoms with van der Waals surface area (Å²) in [5.41, 5.74) is 4.09. The summed E-state index contributed by atoms with van der Waals surface area (Å²) in [6, 6.07) is 6.52. The first-order chi connectivity index (χ1) is 12.5. The molecule has 1 aliphatic rings. The van der Waals surface area contributed by atoms with Gasteiger partial charge in [-0.25, -0.2) is 0 Å². The van der Waals surface area contributed by atoms with Gasteiger partial charge in [-0.15, -0.1) is 0 Å². The molecule has 0 aliphatic carbocycles. The van der Waals surface area contributed by atoms with Crippen molar-refractivity contribution >= 4 is 5.91 Å². The van der Waals surface area contributed by atoms with Crippen LogP contribution in [-0.2, 0) is 13.0 Å². The third kappa shape index (κ3) is 3.97. The summed E-state index contributed by atoms with van der Waals surface area (Å²) in [7, 11) is 0. The van der Waals surface area contributed by atoms with Crippen molar-refractivity contribution in [3.05, 3.63) is 47.0 Å². The van der Waals surface area contributed by atoms with Crippen molar-refractivity contribution < 1.29 is 4.79 Å². The van der Waals surface area contributed by atoms with E-state index in [1.54, 1.807) is 0 Å². The van der Waals surface area contributed by atoms with Gasteiger partial charge in [0.2, 0.25) is 0 Å². The van der Waals surface area contributed by atoms with E-state index in [-0.39, 0.29) is 5.91 Å². The Balaban J connectivity index is 1.72. The van der Waals surface area contributed by atoms with Gasteiger partial charge in [-0.3, -0.25) is 14.5 Å². The van der Waals surface area contributed by atoms with Crippen LogP contribution in [0.1, 0.15) is 73.4 Å². The molecule has 2 aromatic heterocycles. The second-order valence-corrected chi connectivity index (χ2v) is 7.56. The Morgan fingerprint density at radius 3 is 2.85 bits per heavy atom. The highest BCUT2D eigenvalue weighted by atomic mass is 16.2. The molecule has 1 atom stereocenters. The maximum Gasteiger partial charge on any atom is 0.272 e. The van der Waals surface area contributed by atoms with E-state index in [1.807, 2.05) is 30.8 Å². The van der Waals surface area contributed by atoms with E-state index in [9.17, 15) is 4.79 Å².